The van der Waals surface area contributed by atoms with E-state index in [1.165, 1.54) is 5.56 Å². The molecule has 1 aromatic rings. The lowest BCUT2D eigenvalue weighted by molar-refractivity contribution is 0.405. The maximum absolute atomic E-state index is 5.32. The summed E-state index contributed by atoms with van der Waals surface area (Å²) in [6.07, 6.45) is 1.13. The topological polar surface area (TPSA) is 33.3 Å². The second kappa shape index (κ2) is 7.39. The van der Waals surface area contributed by atoms with Crippen molar-refractivity contribution in [1.29, 1.82) is 0 Å². The molecule has 1 rings (SSSR count). The normalized spacial score (nSPS) is 11.6. The van der Waals surface area contributed by atoms with E-state index < -0.39 is 0 Å². The van der Waals surface area contributed by atoms with Crippen LogP contribution in [0.1, 0.15) is 32.8 Å². The summed E-state index contributed by atoms with van der Waals surface area (Å²) >= 11 is 0. The fraction of sp³-hybridized carbons (Fsp3) is 0.600. The number of methoxy groups -OCH3 is 1. The van der Waals surface area contributed by atoms with Gasteiger partial charge in [-0.05, 0) is 46.3 Å². The molecule has 0 amide bonds. The summed E-state index contributed by atoms with van der Waals surface area (Å²) in [5.74, 6) is 0.956. The number of para-hydroxylation sites is 1. The molecule has 0 bridgehead atoms. The minimum atomic E-state index is 0.211. The smallest absolute Gasteiger partial charge is 0.123 e. The molecule has 2 N–H and O–H groups in total. The molecule has 3 nitrogen and oxygen atoms in total. The third kappa shape index (κ3) is 6.03. The van der Waals surface area contributed by atoms with E-state index >= 15 is 0 Å². The third-order valence-electron chi connectivity index (χ3n) is 2.69. The lowest BCUT2D eigenvalue weighted by Crippen LogP contribution is -2.37. The van der Waals surface area contributed by atoms with Crippen molar-refractivity contribution < 1.29 is 4.74 Å². The van der Waals surface area contributed by atoms with Crippen LogP contribution in [0.2, 0.25) is 0 Å². The lowest BCUT2D eigenvalue weighted by atomic mass is 10.1. The molecule has 0 saturated carbocycles. The van der Waals surface area contributed by atoms with Crippen molar-refractivity contribution in [2.45, 2.75) is 39.3 Å². The zero-order chi connectivity index (χ0) is 13.4. The zero-order valence-corrected chi connectivity index (χ0v) is 12.0. The number of hydrogen-bond donors (Lipinski definition) is 2. The first-order valence-electron chi connectivity index (χ1n) is 6.60. The molecule has 0 saturated heterocycles. The lowest BCUT2D eigenvalue weighted by Gasteiger charge is -2.20. The minimum absolute atomic E-state index is 0.211. The van der Waals surface area contributed by atoms with Crippen LogP contribution in [-0.4, -0.2) is 25.7 Å². The van der Waals surface area contributed by atoms with Gasteiger partial charge in [0.05, 0.1) is 7.11 Å². The van der Waals surface area contributed by atoms with Crippen LogP contribution in [-0.2, 0) is 6.54 Å². The highest BCUT2D eigenvalue weighted by Crippen LogP contribution is 2.16. The summed E-state index contributed by atoms with van der Waals surface area (Å²) in [6, 6.07) is 8.13. The van der Waals surface area contributed by atoms with E-state index in [0.29, 0.717) is 0 Å². The molecule has 0 aliphatic carbocycles. The van der Waals surface area contributed by atoms with Gasteiger partial charge in [0.15, 0.2) is 0 Å². The van der Waals surface area contributed by atoms with Gasteiger partial charge in [-0.2, -0.15) is 0 Å². The van der Waals surface area contributed by atoms with Gasteiger partial charge in [0, 0.05) is 17.6 Å². The fourth-order valence-electron chi connectivity index (χ4n) is 1.75. The number of hydrogen-bond acceptors (Lipinski definition) is 3. The average Bonchev–Trinajstić information content (AvgIpc) is 2.32. The third-order valence-corrected chi connectivity index (χ3v) is 2.69. The zero-order valence-electron chi connectivity index (χ0n) is 12.0. The Kier molecular flexibility index (Phi) is 6.16. The summed E-state index contributed by atoms with van der Waals surface area (Å²) in [5, 5.41) is 6.92. The van der Waals surface area contributed by atoms with Crippen LogP contribution in [0.4, 0.5) is 0 Å². The van der Waals surface area contributed by atoms with Gasteiger partial charge in [0.25, 0.3) is 0 Å². The standard InChI is InChI=1S/C15H26N2O/c1-15(2,3)17-11-7-10-16-12-13-8-5-6-9-14(13)18-4/h5-6,8-9,16-17H,7,10-12H2,1-4H3. The highest BCUT2D eigenvalue weighted by atomic mass is 16.5. The van der Waals surface area contributed by atoms with E-state index in [0.717, 1.165) is 31.8 Å². The first kappa shape index (κ1) is 15.0. The molecule has 0 heterocycles. The number of rotatable bonds is 7. The monoisotopic (exact) mass is 250 g/mol. The van der Waals surface area contributed by atoms with Gasteiger partial charge < -0.3 is 15.4 Å². The molecule has 3 heteroatoms. The molecule has 1 aromatic carbocycles. The summed E-state index contributed by atoms with van der Waals surface area (Å²) in [7, 11) is 1.71. The van der Waals surface area contributed by atoms with Crippen molar-refractivity contribution in [3.63, 3.8) is 0 Å². The average molecular weight is 250 g/mol. The molecule has 0 aliphatic rings. The van der Waals surface area contributed by atoms with Crippen molar-refractivity contribution in [2.75, 3.05) is 20.2 Å². The van der Waals surface area contributed by atoms with E-state index in [2.05, 4.69) is 37.5 Å². The Morgan fingerprint density at radius 2 is 1.83 bits per heavy atom. The van der Waals surface area contributed by atoms with Crippen molar-refractivity contribution in [3.8, 4) is 5.75 Å². The van der Waals surface area contributed by atoms with Crippen molar-refractivity contribution in [2.24, 2.45) is 0 Å². The first-order chi connectivity index (χ1) is 8.53. The van der Waals surface area contributed by atoms with E-state index in [-0.39, 0.29) is 5.54 Å². The predicted octanol–water partition coefficient (Wildman–Crippen LogP) is 2.56. The fourth-order valence-corrected chi connectivity index (χ4v) is 1.75. The maximum atomic E-state index is 5.32. The number of nitrogens with one attached hydrogen (secondary N) is 2. The first-order valence-corrected chi connectivity index (χ1v) is 6.60. The van der Waals surface area contributed by atoms with Crippen LogP contribution in [0.25, 0.3) is 0 Å². The van der Waals surface area contributed by atoms with Crippen LogP contribution >= 0.6 is 0 Å². The second-order valence-corrected chi connectivity index (χ2v) is 5.52. The summed E-state index contributed by atoms with van der Waals surface area (Å²) in [5.41, 5.74) is 1.42. The van der Waals surface area contributed by atoms with Gasteiger partial charge in [-0.1, -0.05) is 18.2 Å². The molecule has 0 unspecified atom stereocenters. The molecule has 0 aromatic heterocycles. The number of benzene rings is 1. The molecule has 0 fully saturated rings. The predicted molar refractivity (Wildman–Crippen MR) is 77.1 cm³/mol. The van der Waals surface area contributed by atoms with Gasteiger partial charge in [-0.25, -0.2) is 0 Å². The van der Waals surface area contributed by atoms with Crippen LogP contribution in [0.3, 0.4) is 0 Å². The van der Waals surface area contributed by atoms with Crippen LogP contribution in [0, 0.1) is 0 Å². The van der Waals surface area contributed by atoms with Gasteiger partial charge in [0.2, 0.25) is 0 Å². The summed E-state index contributed by atoms with van der Waals surface area (Å²) in [4.78, 5) is 0. The molecule has 0 atom stereocenters. The SMILES string of the molecule is COc1ccccc1CNCCCNC(C)(C)C. The molecular weight excluding hydrogens is 224 g/mol. The van der Waals surface area contributed by atoms with Crippen molar-refractivity contribution in [3.05, 3.63) is 29.8 Å². The Bertz CT molecular complexity index is 345. The van der Waals surface area contributed by atoms with Crippen molar-refractivity contribution >= 4 is 0 Å². The molecular formula is C15H26N2O. The molecule has 102 valence electrons. The quantitative estimate of drug-likeness (QED) is 0.730. The Morgan fingerprint density at radius 1 is 1.11 bits per heavy atom. The van der Waals surface area contributed by atoms with Gasteiger partial charge in [0.1, 0.15) is 5.75 Å². The van der Waals surface area contributed by atoms with Crippen LogP contribution < -0.4 is 15.4 Å². The molecule has 0 radical (unpaired) electrons. The summed E-state index contributed by atoms with van der Waals surface area (Å²) < 4.78 is 5.32. The van der Waals surface area contributed by atoms with Crippen LogP contribution in [0.5, 0.6) is 5.75 Å². The van der Waals surface area contributed by atoms with E-state index in [1.807, 2.05) is 18.2 Å². The maximum Gasteiger partial charge on any atom is 0.123 e. The highest BCUT2D eigenvalue weighted by Gasteiger charge is 2.07. The van der Waals surface area contributed by atoms with E-state index in [4.69, 9.17) is 4.74 Å². The Labute approximate surface area is 111 Å². The minimum Gasteiger partial charge on any atom is -0.496 e. The van der Waals surface area contributed by atoms with E-state index in [9.17, 15) is 0 Å². The second-order valence-electron chi connectivity index (χ2n) is 5.52. The van der Waals surface area contributed by atoms with Crippen molar-refractivity contribution in [1.82, 2.24) is 10.6 Å². The Morgan fingerprint density at radius 3 is 2.50 bits per heavy atom. The highest BCUT2D eigenvalue weighted by molar-refractivity contribution is 5.32. The molecule has 18 heavy (non-hydrogen) atoms. The van der Waals surface area contributed by atoms with Gasteiger partial charge >= 0.3 is 0 Å². The Hall–Kier alpha value is -1.06. The van der Waals surface area contributed by atoms with Gasteiger partial charge in [-0.3, -0.25) is 0 Å². The largest absolute Gasteiger partial charge is 0.496 e. The summed E-state index contributed by atoms with van der Waals surface area (Å²) in [6.45, 7) is 9.49. The Balaban J connectivity index is 2.18. The van der Waals surface area contributed by atoms with Crippen LogP contribution in [0.15, 0.2) is 24.3 Å². The molecule has 0 aliphatic heterocycles. The van der Waals surface area contributed by atoms with E-state index in [1.54, 1.807) is 7.11 Å². The number of ether oxygens (including phenoxy) is 1. The molecule has 0 spiro atoms. The van der Waals surface area contributed by atoms with Gasteiger partial charge in [-0.15, -0.1) is 0 Å².